The average molecular weight is 315 g/mol. The van der Waals surface area contributed by atoms with Crippen molar-refractivity contribution in [3.05, 3.63) is 66.2 Å². The van der Waals surface area contributed by atoms with Gasteiger partial charge in [-0.05, 0) is 43.7 Å². The third-order valence-corrected chi connectivity index (χ3v) is 4.08. The normalized spacial score (nSPS) is 11.1. The second-order valence-corrected chi connectivity index (χ2v) is 5.87. The van der Waals surface area contributed by atoms with Gasteiger partial charge in [-0.2, -0.15) is 5.10 Å². The van der Waals surface area contributed by atoms with Crippen LogP contribution in [0.15, 0.2) is 54.9 Å². The monoisotopic (exact) mass is 315 g/mol. The zero-order valence-electron chi connectivity index (χ0n) is 13.6. The van der Waals surface area contributed by atoms with Crippen LogP contribution in [0.2, 0.25) is 0 Å². The number of nitrogens with zero attached hydrogens (tertiary/aromatic N) is 4. The van der Waals surface area contributed by atoms with Crippen LogP contribution in [0, 0.1) is 13.8 Å². The Morgan fingerprint density at radius 2 is 1.88 bits per heavy atom. The molecule has 0 atom stereocenters. The predicted molar refractivity (Wildman–Crippen MR) is 96.0 cm³/mol. The Morgan fingerprint density at radius 3 is 2.71 bits per heavy atom. The molecule has 3 heterocycles. The molecule has 24 heavy (non-hydrogen) atoms. The number of nitrogens with two attached hydrogens (primary N) is 1. The molecule has 0 amide bonds. The highest BCUT2D eigenvalue weighted by Gasteiger charge is 2.10. The van der Waals surface area contributed by atoms with E-state index in [1.165, 1.54) is 0 Å². The summed E-state index contributed by atoms with van der Waals surface area (Å²) in [5.74, 6) is 0.810. The molecule has 0 unspecified atom stereocenters. The van der Waals surface area contributed by atoms with Crippen molar-refractivity contribution in [1.82, 2.24) is 19.7 Å². The van der Waals surface area contributed by atoms with Gasteiger partial charge in [-0.25, -0.2) is 9.67 Å². The maximum atomic E-state index is 5.91. The molecule has 3 aromatic heterocycles. The van der Waals surface area contributed by atoms with E-state index in [-0.39, 0.29) is 0 Å². The van der Waals surface area contributed by atoms with Crippen molar-refractivity contribution in [2.45, 2.75) is 13.8 Å². The van der Waals surface area contributed by atoms with Crippen LogP contribution in [0.25, 0.3) is 27.8 Å². The highest BCUT2D eigenvalue weighted by Crippen LogP contribution is 2.28. The van der Waals surface area contributed by atoms with E-state index in [1.54, 1.807) is 6.20 Å². The second kappa shape index (κ2) is 5.45. The van der Waals surface area contributed by atoms with E-state index in [9.17, 15) is 0 Å². The summed E-state index contributed by atoms with van der Waals surface area (Å²) in [7, 11) is 0. The fourth-order valence-corrected chi connectivity index (χ4v) is 2.86. The summed E-state index contributed by atoms with van der Waals surface area (Å²) in [4.78, 5) is 8.92. The summed E-state index contributed by atoms with van der Waals surface area (Å²) in [5, 5.41) is 5.56. The quantitative estimate of drug-likeness (QED) is 0.612. The van der Waals surface area contributed by atoms with Crippen molar-refractivity contribution in [1.29, 1.82) is 0 Å². The Kier molecular flexibility index (Phi) is 3.27. The molecule has 0 aliphatic heterocycles. The molecule has 0 radical (unpaired) electrons. The van der Waals surface area contributed by atoms with Crippen molar-refractivity contribution < 1.29 is 0 Å². The van der Waals surface area contributed by atoms with Crippen LogP contribution in [0.5, 0.6) is 0 Å². The topological polar surface area (TPSA) is 69.6 Å². The van der Waals surface area contributed by atoms with Crippen molar-refractivity contribution in [3.63, 3.8) is 0 Å². The summed E-state index contributed by atoms with van der Waals surface area (Å²) in [6.07, 6.45) is 3.53. The van der Waals surface area contributed by atoms with Crippen molar-refractivity contribution in [2.75, 3.05) is 5.73 Å². The van der Waals surface area contributed by atoms with Gasteiger partial charge in [0.2, 0.25) is 0 Å². The lowest BCUT2D eigenvalue weighted by molar-refractivity contribution is 0.867. The van der Waals surface area contributed by atoms with Crippen LogP contribution in [0.3, 0.4) is 0 Å². The number of nitrogen functional groups attached to an aromatic ring is 1. The minimum atomic E-state index is 0.657. The molecule has 0 spiro atoms. The van der Waals surface area contributed by atoms with Gasteiger partial charge in [0.05, 0.1) is 23.6 Å². The van der Waals surface area contributed by atoms with Gasteiger partial charge >= 0.3 is 0 Å². The SMILES string of the molecule is Cc1cccc(-n2ncc3ccc(-c4cc(N)cnc4C)cc32)n1. The minimum Gasteiger partial charge on any atom is -0.397 e. The molecule has 5 heteroatoms. The van der Waals surface area contributed by atoms with Gasteiger partial charge in [-0.15, -0.1) is 0 Å². The van der Waals surface area contributed by atoms with E-state index in [1.807, 2.05) is 49.0 Å². The maximum absolute atomic E-state index is 5.91. The van der Waals surface area contributed by atoms with Gasteiger partial charge in [0.15, 0.2) is 5.82 Å². The van der Waals surface area contributed by atoms with E-state index in [2.05, 4.69) is 33.3 Å². The lowest BCUT2D eigenvalue weighted by atomic mass is 10.0. The zero-order valence-corrected chi connectivity index (χ0v) is 13.6. The fraction of sp³-hybridized carbons (Fsp3) is 0.105. The predicted octanol–water partition coefficient (Wildman–Crippen LogP) is 3.68. The summed E-state index contributed by atoms with van der Waals surface area (Å²) in [6, 6.07) is 14.1. The first-order valence-corrected chi connectivity index (χ1v) is 7.76. The van der Waals surface area contributed by atoms with Crippen LogP contribution in [-0.4, -0.2) is 19.7 Å². The lowest BCUT2D eigenvalue weighted by Gasteiger charge is -2.08. The number of aromatic nitrogens is 4. The van der Waals surface area contributed by atoms with Crippen LogP contribution in [-0.2, 0) is 0 Å². The van der Waals surface area contributed by atoms with Gasteiger partial charge in [-0.3, -0.25) is 4.98 Å². The Balaban J connectivity index is 1.92. The summed E-state index contributed by atoms with van der Waals surface area (Å²) in [6.45, 7) is 3.96. The molecular formula is C19H17N5. The van der Waals surface area contributed by atoms with Gasteiger partial charge in [-0.1, -0.05) is 18.2 Å². The number of anilines is 1. The molecule has 0 saturated heterocycles. The summed E-state index contributed by atoms with van der Waals surface area (Å²) in [5.41, 5.74) is 11.6. The number of fused-ring (bicyclic) bond motifs is 1. The Labute approximate surface area is 139 Å². The van der Waals surface area contributed by atoms with Gasteiger partial charge in [0, 0.05) is 22.3 Å². The van der Waals surface area contributed by atoms with Gasteiger partial charge in [0.25, 0.3) is 0 Å². The molecule has 1 aromatic carbocycles. The smallest absolute Gasteiger partial charge is 0.154 e. The van der Waals surface area contributed by atoms with Crippen molar-refractivity contribution in [3.8, 4) is 16.9 Å². The molecule has 118 valence electrons. The van der Waals surface area contributed by atoms with E-state index >= 15 is 0 Å². The highest BCUT2D eigenvalue weighted by molar-refractivity contribution is 5.86. The molecule has 4 rings (SSSR count). The largest absolute Gasteiger partial charge is 0.397 e. The summed E-state index contributed by atoms with van der Waals surface area (Å²) < 4.78 is 1.86. The first-order chi connectivity index (χ1) is 11.6. The van der Waals surface area contributed by atoms with E-state index in [4.69, 9.17) is 5.73 Å². The molecular weight excluding hydrogens is 298 g/mol. The fourth-order valence-electron chi connectivity index (χ4n) is 2.86. The standard InChI is InChI=1S/C19H17N5/c1-12-4-3-5-19(23-12)24-18-8-14(6-7-15(18)10-22-24)17-9-16(20)11-21-13(17)2/h3-11H,20H2,1-2H3. The van der Waals surface area contributed by atoms with E-state index < -0.39 is 0 Å². The number of aryl methyl sites for hydroxylation is 2. The molecule has 4 aromatic rings. The molecule has 5 nitrogen and oxygen atoms in total. The van der Waals surface area contributed by atoms with Crippen LogP contribution in [0.4, 0.5) is 5.69 Å². The Bertz CT molecular complexity index is 1050. The molecule has 0 aliphatic carbocycles. The molecule has 0 fully saturated rings. The second-order valence-electron chi connectivity index (χ2n) is 5.87. The van der Waals surface area contributed by atoms with Crippen molar-refractivity contribution >= 4 is 16.6 Å². The third kappa shape index (κ3) is 2.40. The molecule has 0 bridgehead atoms. The maximum Gasteiger partial charge on any atom is 0.154 e. The van der Waals surface area contributed by atoms with Crippen LogP contribution < -0.4 is 5.73 Å². The van der Waals surface area contributed by atoms with E-state index in [0.717, 1.165) is 39.2 Å². The number of pyridine rings is 2. The van der Waals surface area contributed by atoms with Crippen LogP contribution in [0.1, 0.15) is 11.4 Å². The Hall–Kier alpha value is -3.21. The lowest BCUT2D eigenvalue weighted by Crippen LogP contribution is -2.00. The number of benzene rings is 1. The number of rotatable bonds is 2. The molecule has 0 aliphatic rings. The molecule has 0 saturated carbocycles. The number of hydrogen-bond acceptors (Lipinski definition) is 4. The minimum absolute atomic E-state index is 0.657. The zero-order chi connectivity index (χ0) is 16.7. The highest BCUT2D eigenvalue weighted by atomic mass is 15.3. The van der Waals surface area contributed by atoms with Gasteiger partial charge < -0.3 is 5.73 Å². The van der Waals surface area contributed by atoms with Crippen LogP contribution >= 0.6 is 0 Å². The third-order valence-electron chi connectivity index (χ3n) is 4.08. The number of hydrogen-bond donors (Lipinski definition) is 1. The Morgan fingerprint density at radius 1 is 1.00 bits per heavy atom. The van der Waals surface area contributed by atoms with Gasteiger partial charge in [0.1, 0.15) is 0 Å². The first kappa shape index (κ1) is 14.4. The first-order valence-electron chi connectivity index (χ1n) is 7.76. The van der Waals surface area contributed by atoms with Crippen molar-refractivity contribution in [2.24, 2.45) is 0 Å². The summed E-state index contributed by atoms with van der Waals surface area (Å²) >= 11 is 0. The van der Waals surface area contributed by atoms with E-state index in [0.29, 0.717) is 5.69 Å². The molecule has 2 N–H and O–H groups in total. The average Bonchev–Trinajstić information content (AvgIpc) is 3.00.